The number of halogens is 1. The Morgan fingerprint density at radius 2 is 2.12 bits per heavy atom. The van der Waals surface area contributed by atoms with E-state index < -0.39 is 6.23 Å². The summed E-state index contributed by atoms with van der Waals surface area (Å²) >= 11 is 6.08. The van der Waals surface area contributed by atoms with Crippen molar-refractivity contribution in [2.24, 2.45) is 0 Å². The molecule has 7 heteroatoms. The monoisotopic (exact) mass is 346 g/mol. The molecular formula is C17H19ClN4O2. The predicted octanol–water partition coefficient (Wildman–Crippen LogP) is 2.43. The maximum atomic E-state index is 12.5. The molecule has 1 unspecified atom stereocenters. The summed E-state index contributed by atoms with van der Waals surface area (Å²) in [6, 6.07) is 10.7. The van der Waals surface area contributed by atoms with Gasteiger partial charge in [-0.2, -0.15) is 0 Å². The zero-order chi connectivity index (χ0) is 16.8. The van der Waals surface area contributed by atoms with Gasteiger partial charge in [0.15, 0.2) is 6.23 Å². The Hall–Kier alpha value is -2.31. The molecule has 6 nitrogen and oxygen atoms in total. The molecule has 1 atom stereocenters. The van der Waals surface area contributed by atoms with Crippen LogP contribution in [0.15, 0.2) is 48.8 Å². The molecule has 3 rings (SSSR count). The summed E-state index contributed by atoms with van der Waals surface area (Å²) in [6.07, 6.45) is 2.63. The van der Waals surface area contributed by atoms with E-state index in [1.807, 2.05) is 12.1 Å². The van der Waals surface area contributed by atoms with E-state index in [1.54, 1.807) is 41.6 Å². The zero-order valence-corrected chi connectivity index (χ0v) is 13.9. The molecule has 1 aliphatic heterocycles. The number of hydrogen-bond donors (Lipinski definition) is 2. The Bertz CT molecular complexity index is 677. The lowest BCUT2D eigenvalue weighted by Crippen LogP contribution is -2.51. The van der Waals surface area contributed by atoms with Gasteiger partial charge in [0, 0.05) is 43.0 Å². The Kier molecular flexibility index (Phi) is 5.51. The van der Waals surface area contributed by atoms with E-state index in [9.17, 15) is 4.79 Å². The van der Waals surface area contributed by atoms with Gasteiger partial charge in [0.05, 0.1) is 6.20 Å². The molecular weight excluding hydrogens is 328 g/mol. The minimum atomic E-state index is -0.643. The first-order valence-corrected chi connectivity index (χ1v) is 8.18. The predicted molar refractivity (Wildman–Crippen MR) is 92.0 cm³/mol. The Balaban J connectivity index is 1.77. The highest BCUT2D eigenvalue weighted by Crippen LogP contribution is 2.22. The summed E-state index contributed by atoms with van der Waals surface area (Å²) in [5.41, 5.74) is 0.773. The number of rotatable bonds is 4. The van der Waals surface area contributed by atoms with E-state index >= 15 is 0 Å². The second-order valence-corrected chi connectivity index (χ2v) is 5.86. The van der Waals surface area contributed by atoms with Gasteiger partial charge in [-0.3, -0.25) is 10.3 Å². The molecule has 0 bridgehead atoms. The minimum Gasteiger partial charge on any atom is -0.465 e. The van der Waals surface area contributed by atoms with Crippen LogP contribution in [0.5, 0.6) is 5.75 Å². The van der Waals surface area contributed by atoms with Gasteiger partial charge in [-0.05, 0) is 24.3 Å². The summed E-state index contributed by atoms with van der Waals surface area (Å²) in [4.78, 5) is 18.3. The number of hydrogen-bond acceptors (Lipinski definition) is 4. The summed E-state index contributed by atoms with van der Waals surface area (Å²) < 4.78 is 5.92. The molecule has 126 valence electrons. The molecule has 24 heavy (non-hydrogen) atoms. The lowest BCUT2D eigenvalue weighted by molar-refractivity contribution is 0.140. The van der Waals surface area contributed by atoms with Gasteiger partial charge in [0.2, 0.25) is 0 Å². The molecule has 0 spiro atoms. The van der Waals surface area contributed by atoms with Crippen LogP contribution in [0.2, 0.25) is 5.02 Å². The van der Waals surface area contributed by atoms with Gasteiger partial charge in [-0.15, -0.1) is 0 Å². The number of urea groups is 1. The molecule has 1 saturated heterocycles. The van der Waals surface area contributed by atoms with Crippen LogP contribution >= 0.6 is 11.6 Å². The third kappa shape index (κ3) is 4.37. The summed E-state index contributed by atoms with van der Waals surface area (Å²) in [6.45, 7) is 2.92. The third-order valence-electron chi connectivity index (χ3n) is 3.70. The summed E-state index contributed by atoms with van der Waals surface area (Å²) in [7, 11) is 0. The molecule has 2 aromatic rings. The lowest BCUT2D eigenvalue weighted by atomic mass is 10.2. The molecule has 2 heterocycles. The van der Waals surface area contributed by atoms with Crippen molar-refractivity contribution in [3.63, 3.8) is 0 Å². The number of piperazine rings is 1. The van der Waals surface area contributed by atoms with Crippen LogP contribution < -0.4 is 15.4 Å². The number of nitrogens with one attached hydrogen (secondary N) is 2. The largest absolute Gasteiger partial charge is 0.465 e. The van der Waals surface area contributed by atoms with Crippen molar-refractivity contribution in [3.8, 4) is 5.75 Å². The lowest BCUT2D eigenvalue weighted by Gasteiger charge is -2.30. The molecule has 1 aromatic heterocycles. The van der Waals surface area contributed by atoms with E-state index in [4.69, 9.17) is 16.3 Å². The van der Waals surface area contributed by atoms with Crippen LogP contribution in [0.25, 0.3) is 0 Å². The maximum absolute atomic E-state index is 12.5. The summed E-state index contributed by atoms with van der Waals surface area (Å²) in [5, 5.41) is 6.74. The smallest absolute Gasteiger partial charge is 0.320 e. The molecule has 1 aliphatic rings. The normalized spacial score (nSPS) is 15.6. The number of benzene rings is 1. The quantitative estimate of drug-likeness (QED) is 0.834. The highest BCUT2D eigenvalue weighted by Gasteiger charge is 2.22. The van der Waals surface area contributed by atoms with Crippen LogP contribution in [0, 0.1) is 0 Å². The van der Waals surface area contributed by atoms with Crippen LogP contribution in [0.1, 0.15) is 11.8 Å². The third-order valence-corrected chi connectivity index (χ3v) is 3.93. The topological polar surface area (TPSA) is 66.5 Å². The number of amides is 2. The van der Waals surface area contributed by atoms with Crippen LogP contribution in [0.4, 0.5) is 4.79 Å². The van der Waals surface area contributed by atoms with Gasteiger partial charge in [-0.1, -0.05) is 23.7 Å². The number of pyridine rings is 1. The molecule has 2 N–H and O–H groups in total. The first kappa shape index (κ1) is 16.5. The van der Waals surface area contributed by atoms with Crippen LogP contribution in [-0.2, 0) is 0 Å². The van der Waals surface area contributed by atoms with Gasteiger partial charge < -0.3 is 15.0 Å². The standard InChI is InChI=1S/C17H19ClN4O2/c18-14-4-1-3-13(11-14)16(24-15-5-2-6-20-12-15)21-17(23)22-9-7-19-8-10-22/h1-6,11-12,16,19H,7-10H2,(H,21,23). The van der Waals surface area contributed by atoms with Crippen molar-refractivity contribution >= 4 is 17.6 Å². The number of aromatic nitrogens is 1. The van der Waals surface area contributed by atoms with E-state index in [0.29, 0.717) is 23.9 Å². The highest BCUT2D eigenvalue weighted by atomic mass is 35.5. The fraction of sp³-hybridized carbons (Fsp3) is 0.294. The first-order chi connectivity index (χ1) is 11.7. The Labute approximate surface area is 145 Å². The molecule has 0 aliphatic carbocycles. The Morgan fingerprint density at radius 3 is 2.83 bits per heavy atom. The van der Waals surface area contributed by atoms with Crippen molar-refractivity contribution in [3.05, 3.63) is 59.4 Å². The maximum Gasteiger partial charge on any atom is 0.320 e. The molecule has 0 radical (unpaired) electrons. The van der Waals surface area contributed by atoms with Crippen LogP contribution in [-0.4, -0.2) is 42.1 Å². The van der Waals surface area contributed by atoms with E-state index in [0.717, 1.165) is 18.7 Å². The average molecular weight is 347 g/mol. The highest BCUT2D eigenvalue weighted by molar-refractivity contribution is 6.30. The fourth-order valence-corrected chi connectivity index (χ4v) is 2.67. The fourth-order valence-electron chi connectivity index (χ4n) is 2.47. The number of nitrogens with zero attached hydrogens (tertiary/aromatic N) is 2. The van der Waals surface area contributed by atoms with E-state index in [1.165, 1.54) is 0 Å². The number of ether oxygens (including phenoxy) is 1. The second-order valence-electron chi connectivity index (χ2n) is 5.43. The minimum absolute atomic E-state index is 0.162. The van der Waals surface area contributed by atoms with Crippen molar-refractivity contribution in [1.29, 1.82) is 0 Å². The van der Waals surface area contributed by atoms with E-state index in [2.05, 4.69) is 15.6 Å². The van der Waals surface area contributed by atoms with Crippen LogP contribution in [0.3, 0.4) is 0 Å². The Morgan fingerprint density at radius 1 is 1.29 bits per heavy atom. The molecule has 1 aromatic carbocycles. The molecule has 0 saturated carbocycles. The van der Waals surface area contributed by atoms with Gasteiger partial charge in [-0.25, -0.2) is 4.79 Å². The summed E-state index contributed by atoms with van der Waals surface area (Å²) in [5.74, 6) is 0.572. The van der Waals surface area contributed by atoms with E-state index in [-0.39, 0.29) is 6.03 Å². The van der Waals surface area contributed by atoms with Gasteiger partial charge in [0.25, 0.3) is 0 Å². The second kappa shape index (κ2) is 7.99. The van der Waals surface area contributed by atoms with Crippen molar-refractivity contribution in [2.45, 2.75) is 6.23 Å². The van der Waals surface area contributed by atoms with Gasteiger partial charge >= 0.3 is 6.03 Å². The SMILES string of the molecule is O=C(NC(Oc1cccnc1)c1cccc(Cl)c1)N1CCNCC1. The molecule has 2 amide bonds. The molecule has 1 fully saturated rings. The van der Waals surface area contributed by atoms with Crippen molar-refractivity contribution in [2.75, 3.05) is 26.2 Å². The number of carbonyl (C=O) groups excluding carboxylic acids is 1. The number of carbonyl (C=O) groups is 1. The van der Waals surface area contributed by atoms with Crippen molar-refractivity contribution in [1.82, 2.24) is 20.5 Å². The van der Waals surface area contributed by atoms with Crippen molar-refractivity contribution < 1.29 is 9.53 Å². The first-order valence-electron chi connectivity index (χ1n) is 7.81. The average Bonchev–Trinajstić information content (AvgIpc) is 2.63. The zero-order valence-electron chi connectivity index (χ0n) is 13.1. The van der Waals surface area contributed by atoms with Gasteiger partial charge in [0.1, 0.15) is 5.75 Å².